The summed E-state index contributed by atoms with van der Waals surface area (Å²) < 4.78 is 1.81. The smallest absolute Gasteiger partial charge is 0.224 e. The van der Waals surface area contributed by atoms with Crippen molar-refractivity contribution in [2.75, 3.05) is 5.32 Å². The second-order valence-corrected chi connectivity index (χ2v) is 7.25. The maximum Gasteiger partial charge on any atom is 0.224 e. The number of hydrogen-bond donors (Lipinski definition) is 1. The molecule has 4 nitrogen and oxygen atoms in total. The average Bonchev–Trinajstić information content (AvgIpc) is 2.91. The molecule has 0 atom stereocenters. The Hall–Kier alpha value is -2.30. The van der Waals surface area contributed by atoms with E-state index in [1.165, 1.54) is 0 Å². The van der Waals surface area contributed by atoms with E-state index in [2.05, 4.69) is 10.4 Å². The quantitative estimate of drug-likeness (QED) is 0.598. The minimum Gasteiger partial charge on any atom is -0.323 e. The van der Waals surface area contributed by atoms with Crippen molar-refractivity contribution < 1.29 is 4.79 Å². The Bertz CT molecular complexity index is 931. The molecule has 1 N–H and O–H groups in total. The van der Waals surface area contributed by atoms with Crippen molar-refractivity contribution >= 4 is 34.8 Å². The Balaban J connectivity index is 1.71. The Labute approximate surface area is 169 Å². The number of carbonyl (C=O) groups is 1. The Morgan fingerprint density at radius 2 is 1.70 bits per heavy atom. The molecule has 2 aromatic carbocycles. The molecule has 0 saturated carbocycles. The lowest BCUT2D eigenvalue weighted by Crippen LogP contribution is -2.14. The maximum atomic E-state index is 12.4. The normalized spacial score (nSPS) is 10.8. The van der Waals surface area contributed by atoms with Crippen molar-refractivity contribution in [1.29, 1.82) is 0 Å². The van der Waals surface area contributed by atoms with Crippen molar-refractivity contribution in [2.24, 2.45) is 0 Å². The molecule has 1 aromatic heterocycles. The molecule has 0 aliphatic carbocycles. The minimum absolute atomic E-state index is 0.0274. The predicted molar refractivity (Wildman–Crippen MR) is 111 cm³/mol. The minimum atomic E-state index is -0.0274. The molecule has 3 aromatic rings. The number of benzene rings is 2. The number of anilines is 1. The van der Waals surface area contributed by atoms with Crippen molar-refractivity contribution in [3.8, 4) is 0 Å². The van der Waals surface area contributed by atoms with Gasteiger partial charge in [0.15, 0.2) is 0 Å². The number of carbonyl (C=O) groups excluding carboxylic acids is 1. The Morgan fingerprint density at radius 3 is 2.37 bits per heavy atom. The average molecular weight is 402 g/mol. The molecule has 140 valence electrons. The molecular formula is C21H21Cl2N3O. The molecule has 0 spiro atoms. The van der Waals surface area contributed by atoms with Crippen LogP contribution < -0.4 is 5.32 Å². The molecular weight excluding hydrogens is 381 g/mol. The van der Waals surface area contributed by atoms with Crippen molar-refractivity contribution in [2.45, 2.75) is 33.2 Å². The van der Waals surface area contributed by atoms with E-state index >= 15 is 0 Å². The van der Waals surface area contributed by atoms with Crippen molar-refractivity contribution in [3.63, 3.8) is 0 Å². The number of amides is 1. The van der Waals surface area contributed by atoms with Gasteiger partial charge < -0.3 is 5.32 Å². The first-order valence-corrected chi connectivity index (χ1v) is 9.52. The maximum absolute atomic E-state index is 12.4. The molecule has 3 rings (SSSR count). The SMILES string of the molecule is Cc1nn(Cc2c(Cl)cccc2Cl)c(C)c1NC(=O)CCc1ccccc1. The predicted octanol–water partition coefficient (Wildman–Crippen LogP) is 5.43. The van der Waals surface area contributed by atoms with Gasteiger partial charge in [0.25, 0.3) is 0 Å². The highest BCUT2D eigenvalue weighted by Gasteiger charge is 2.16. The summed E-state index contributed by atoms with van der Waals surface area (Å²) in [5, 5.41) is 8.74. The number of halogens is 2. The van der Waals surface area contributed by atoms with Crippen LogP contribution in [0.4, 0.5) is 5.69 Å². The lowest BCUT2D eigenvalue weighted by Gasteiger charge is -2.10. The molecule has 1 heterocycles. The summed E-state index contributed by atoms with van der Waals surface area (Å²) in [4.78, 5) is 12.4. The first kappa shape index (κ1) is 19.5. The van der Waals surface area contributed by atoms with Gasteiger partial charge in [-0.05, 0) is 38.0 Å². The number of nitrogens with one attached hydrogen (secondary N) is 1. The summed E-state index contributed by atoms with van der Waals surface area (Å²) in [5.74, 6) is -0.0274. The van der Waals surface area contributed by atoms with Crippen LogP contribution in [0.2, 0.25) is 10.0 Å². The fraction of sp³-hybridized carbons (Fsp3) is 0.238. The zero-order chi connectivity index (χ0) is 19.4. The standard InChI is InChI=1S/C21H21Cl2N3O/c1-14-21(24-20(27)12-11-16-7-4-3-5-8-16)15(2)26(25-14)13-17-18(22)9-6-10-19(17)23/h3-10H,11-13H2,1-2H3,(H,24,27). The van der Waals surface area contributed by atoms with Crippen LogP contribution in [0, 0.1) is 13.8 Å². The van der Waals surface area contributed by atoms with Gasteiger partial charge in [-0.3, -0.25) is 9.48 Å². The summed E-state index contributed by atoms with van der Waals surface area (Å²) in [6.45, 7) is 4.26. The highest BCUT2D eigenvalue weighted by atomic mass is 35.5. The van der Waals surface area contributed by atoms with Gasteiger partial charge in [-0.2, -0.15) is 5.10 Å². The number of aromatic nitrogens is 2. The zero-order valence-electron chi connectivity index (χ0n) is 15.3. The van der Waals surface area contributed by atoms with Gasteiger partial charge in [0.2, 0.25) is 5.91 Å². The summed E-state index contributed by atoms with van der Waals surface area (Å²) in [7, 11) is 0. The largest absolute Gasteiger partial charge is 0.323 e. The Morgan fingerprint density at radius 1 is 1.04 bits per heavy atom. The molecule has 0 fully saturated rings. The monoisotopic (exact) mass is 401 g/mol. The number of nitrogens with zero attached hydrogens (tertiary/aromatic N) is 2. The van der Waals surface area contributed by atoms with Crippen LogP contribution in [0.15, 0.2) is 48.5 Å². The Kier molecular flexibility index (Phi) is 6.19. The summed E-state index contributed by atoms with van der Waals surface area (Å²) >= 11 is 12.5. The van der Waals surface area contributed by atoms with E-state index in [4.69, 9.17) is 23.2 Å². The summed E-state index contributed by atoms with van der Waals surface area (Å²) in [6, 6.07) is 15.4. The van der Waals surface area contributed by atoms with Crippen LogP contribution in [-0.2, 0) is 17.8 Å². The van der Waals surface area contributed by atoms with E-state index in [1.807, 2.05) is 54.9 Å². The van der Waals surface area contributed by atoms with Gasteiger partial charge in [0, 0.05) is 22.0 Å². The second kappa shape index (κ2) is 8.59. The third kappa shape index (κ3) is 4.71. The summed E-state index contributed by atoms with van der Waals surface area (Å²) in [5.41, 5.74) is 4.34. The second-order valence-electron chi connectivity index (χ2n) is 6.44. The fourth-order valence-corrected chi connectivity index (χ4v) is 3.49. The lowest BCUT2D eigenvalue weighted by molar-refractivity contribution is -0.116. The van der Waals surface area contributed by atoms with Gasteiger partial charge >= 0.3 is 0 Å². The van der Waals surface area contributed by atoms with Crippen LogP contribution in [0.3, 0.4) is 0 Å². The van der Waals surface area contributed by atoms with E-state index in [-0.39, 0.29) is 5.91 Å². The molecule has 6 heteroatoms. The van der Waals surface area contributed by atoms with Crippen LogP contribution in [0.1, 0.15) is 28.9 Å². The molecule has 27 heavy (non-hydrogen) atoms. The number of aryl methyl sites for hydroxylation is 2. The molecule has 0 saturated heterocycles. The van der Waals surface area contributed by atoms with Gasteiger partial charge in [0.05, 0.1) is 23.6 Å². The van der Waals surface area contributed by atoms with Crippen molar-refractivity contribution in [3.05, 3.63) is 81.1 Å². The van der Waals surface area contributed by atoms with Gasteiger partial charge in [0.1, 0.15) is 0 Å². The van der Waals surface area contributed by atoms with Gasteiger partial charge in [-0.1, -0.05) is 59.6 Å². The third-order valence-electron chi connectivity index (χ3n) is 4.50. The molecule has 0 aliphatic heterocycles. The fourth-order valence-electron chi connectivity index (χ4n) is 2.97. The lowest BCUT2D eigenvalue weighted by atomic mass is 10.1. The van der Waals surface area contributed by atoms with Crippen LogP contribution in [-0.4, -0.2) is 15.7 Å². The first-order valence-electron chi connectivity index (χ1n) is 8.76. The summed E-state index contributed by atoms with van der Waals surface area (Å²) in [6.07, 6.45) is 1.12. The first-order chi connectivity index (χ1) is 13.0. The number of hydrogen-bond acceptors (Lipinski definition) is 2. The molecule has 0 radical (unpaired) electrons. The van der Waals surface area contributed by atoms with E-state index < -0.39 is 0 Å². The van der Waals surface area contributed by atoms with Crippen LogP contribution in [0.25, 0.3) is 0 Å². The van der Waals surface area contributed by atoms with Gasteiger partial charge in [-0.15, -0.1) is 0 Å². The molecule has 0 unspecified atom stereocenters. The topological polar surface area (TPSA) is 46.9 Å². The molecule has 1 amide bonds. The van der Waals surface area contributed by atoms with Crippen molar-refractivity contribution in [1.82, 2.24) is 9.78 Å². The highest BCUT2D eigenvalue weighted by molar-refractivity contribution is 6.35. The highest BCUT2D eigenvalue weighted by Crippen LogP contribution is 2.27. The van der Waals surface area contributed by atoms with Gasteiger partial charge in [-0.25, -0.2) is 0 Å². The van der Waals surface area contributed by atoms with E-state index in [9.17, 15) is 4.79 Å². The molecule has 0 bridgehead atoms. The zero-order valence-corrected chi connectivity index (χ0v) is 16.8. The number of rotatable bonds is 6. The third-order valence-corrected chi connectivity index (χ3v) is 5.21. The van der Waals surface area contributed by atoms with E-state index in [1.54, 1.807) is 12.1 Å². The van der Waals surface area contributed by atoms with Crippen LogP contribution in [0.5, 0.6) is 0 Å². The van der Waals surface area contributed by atoms with E-state index in [0.29, 0.717) is 29.4 Å². The molecule has 0 aliphatic rings. The van der Waals surface area contributed by atoms with Crippen LogP contribution >= 0.6 is 23.2 Å². The van der Waals surface area contributed by atoms with E-state index in [0.717, 1.165) is 28.2 Å².